The molecule has 0 aromatic carbocycles. The average molecular weight is 324 g/mol. The van der Waals surface area contributed by atoms with Gasteiger partial charge in [0.25, 0.3) is 5.91 Å². The Balaban J connectivity index is 1.98. The fraction of sp³-hybridized carbons (Fsp3) is 0.667. The maximum Gasteiger partial charge on any atom is 0.274 e. The summed E-state index contributed by atoms with van der Waals surface area (Å²) in [6.07, 6.45) is 1.75. The quantitative estimate of drug-likeness (QED) is 0.668. The highest BCUT2D eigenvalue weighted by atomic mass is 16.3. The summed E-state index contributed by atoms with van der Waals surface area (Å²) in [6.45, 7) is 4.40. The number of nitrogens with one attached hydrogen (secondary N) is 1. The standard InChI is InChI=1S/C15H24N4O4/c1-3-6-19-7-4-12(17-19)14(22)18-8-5-15(23,13(21)9-18)10-16-11(2)20/h4,7,13,21,23H,3,5-6,8-10H2,1-2H3,(H,16,20)/t13-,15-/m1/s1. The molecule has 1 aromatic heterocycles. The predicted octanol–water partition coefficient (Wildman–Crippen LogP) is -0.633. The molecule has 1 fully saturated rings. The molecule has 1 aliphatic heterocycles. The lowest BCUT2D eigenvalue weighted by molar-refractivity contribution is -0.127. The molecule has 2 heterocycles. The number of piperidine rings is 1. The first kappa shape index (κ1) is 17.4. The summed E-state index contributed by atoms with van der Waals surface area (Å²) in [6, 6.07) is 1.66. The number of carbonyl (C=O) groups is 2. The second-order valence-corrected chi connectivity index (χ2v) is 5.99. The number of aromatic nitrogens is 2. The summed E-state index contributed by atoms with van der Waals surface area (Å²) < 4.78 is 1.71. The highest BCUT2D eigenvalue weighted by molar-refractivity contribution is 5.92. The van der Waals surface area contributed by atoms with Gasteiger partial charge in [-0.1, -0.05) is 6.92 Å². The normalized spacial score (nSPS) is 24.5. The molecule has 0 radical (unpaired) electrons. The minimum atomic E-state index is -1.41. The zero-order valence-electron chi connectivity index (χ0n) is 13.5. The van der Waals surface area contributed by atoms with Gasteiger partial charge in [0.05, 0.1) is 0 Å². The molecule has 2 amide bonds. The zero-order valence-corrected chi connectivity index (χ0v) is 13.5. The third kappa shape index (κ3) is 4.08. The van der Waals surface area contributed by atoms with Gasteiger partial charge in [0.15, 0.2) is 0 Å². The van der Waals surface area contributed by atoms with Crippen LogP contribution in [0.25, 0.3) is 0 Å². The molecule has 0 bridgehead atoms. The summed E-state index contributed by atoms with van der Waals surface area (Å²) in [5, 5.41) is 27.3. The number of β-amino-alcohol motifs (C(OH)–C–C–N with tert-alkyl or cyclic N) is 1. The zero-order chi connectivity index (χ0) is 17.0. The van der Waals surface area contributed by atoms with Crippen LogP contribution in [0.5, 0.6) is 0 Å². The fourth-order valence-corrected chi connectivity index (χ4v) is 2.62. The van der Waals surface area contributed by atoms with Gasteiger partial charge < -0.3 is 20.4 Å². The molecule has 1 aromatic rings. The Bertz CT molecular complexity index is 574. The van der Waals surface area contributed by atoms with Gasteiger partial charge in [-0.15, -0.1) is 0 Å². The number of carbonyl (C=O) groups excluding carboxylic acids is 2. The van der Waals surface area contributed by atoms with Crippen molar-refractivity contribution in [3.8, 4) is 0 Å². The lowest BCUT2D eigenvalue weighted by Crippen LogP contribution is -2.61. The van der Waals surface area contributed by atoms with Gasteiger partial charge in [0.2, 0.25) is 5.91 Å². The molecule has 8 heteroatoms. The molecule has 23 heavy (non-hydrogen) atoms. The second-order valence-electron chi connectivity index (χ2n) is 5.99. The summed E-state index contributed by atoms with van der Waals surface area (Å²) >= 11 is 0. The summed E-state index contributed by atoms with van der Waals surface area (Å²) in [5.74, 6) is -0.536. The van der Waals surface area contributed by atoms with Crippen LogP contribution in [0, 0.1) is 0 Å². The number of hydrogen-bond donors (Lipinski definition) is 3. The molecule has 0 aliphatic carbocycles. The van der Waals surface area contributed by atoms with Gasteiger partial charge in [-0.2, -0.15) is 5.10 Å². The molecule has 3 N–H and O–H groups in total. The van der Waals surface area contributed by atoms with Crippen molar-refractivity contribution in [2.45, 2.75) is 44.9 Å². The number of likely N-dealkylation sites (tertiary alicyclic amines) is 1. The van der Waals surface area contributed by atoms with E-state index >= 15 is 0 Å². The van der Waals surface area contributed by atoms with Gasteiger partial charge in [0.1, 0.15) is 17.4 Å². The number of nitrogens with zero attached hydrogens (tertiary/aromatic N) is 3. The average Bonchev–Trinajstić information content (AvgIpc) is 2.96. The molecule has 2 rings (SSSR count). The molecule has 2 atom stereocenters. The highest BCUT2D eigenvalue weighted by Gasteiger charge is 2.42. The number of aliphatic hydroxyl groups is 2. The largest absolute Gasteiger partial charge is 0.388 e. The van der Waals surface area contributed by atoms with E-state index in [1.165, 1.54) is 11.8 Å². The number of aryl methyl sites for hydroxylation is 1. The molecule has 0 unspecified atom stereocenters. The first-order valence-electron chi connectivity index (χ1n) is 7.83. The lowest BCUT2D eigenvalue weighted by Gasteiger charge is -2.41. The third-order valence-corrected chi connectivity index (χ3v) is 4.07. The molecule has 128 valence electrons. The third-order valence-electron chi connectivity index (χ3n) is 4.07. The van der Waals surface area contributed by atoms with Crippen molar-refractivity contribution in [2.24, 2.45) is 0 Å². The van der Waals surface area contributed by atoms with Crippen molar-refractivity contribution in [1.82, 2.24) is 20.0 Å². The van der Waals surface area contributed by atoms with Crippen LogP contribution in [0.3, 0.4) is 0 Å². The van der Waals surface area contributed by atoms with E-state index in [0.29, 0.717) is 12.2 Å². The van der Waals surface area contributed by atoms with Crippen molar-refractivity contribution in [3.05, 3.63) is 18.0 Å². The van der Waals surface area contributed by atoms with E-state index in [0.717, 1.165) is 13.0 Å². The Morgan fingerprint density at radius 1 is 1.52 bits per heavy atom. The van der Waals surface area contributed by atoms with Crippen LogP contribution in [-0.4, -0.2) is 68.0 Å². The van der Waals surface area contributed by atoms with Gasteiger partial charge in [-0.25, -0.2) is 0 Å². The van der Waals surface area contributed by atoms with E-state index in [2.05, 4.69) is 10.4 Å². The van der Waals surface area contributed by atoms with Crippen LogP contribution in [0.1, 0.15) is 37.2 Å². The smallest absolute Gasteiger partial charge is 0.274 e. The number of amides is 2. The molecule has 0 spiro atoms. The topological polar surface area (TPSA) is 108 Å². The molecular weight excluding hydrogens is 300 g/mol. The monoisotopic (exact) mass is 324 g/mol. The Morgan fingerprint density at radius 2 is 2.26 bits per heavy atom. The fourth-order valence-electron chi connectivity index (χ4n) is 2.62. The SMILES string of the molecule is CCCn1ccc(C(=O)N2CC[C@@](O)(CNC(C)=O)[C@H](O)C2)n1. The van der Waals surface area contributed by atoms with Crippen LogP contribution in [0.2, 0.25) is 0 Å². The molecule has 1 saturated heterocycles. The van der Waals surface area contributed by atoms with Crippen molar-refractivity contribution >= 4 is 11.8 Å². The first-order valence-corrected chi connectivity index (χ1v) is 7.83. The van der Waals surface area contributed by atoms with Crippen LogP contribution >= 0.6 is 0 Å². The minimum absolute atomic E-state index is 0.00948. The van der Waals surface area contributed by atoms with Crippen LogP contribution in [0.15, 0.2) is 12.3 Å². The van der Waals surface area contributed by atoms with Crippen LogP contribution < -0.4 is 5.32 Å². The molecule has 0 saturated carbocycles. The first-order chi connectivity index (χ1) is 10.9. The lowest BCUT2D eigenvalue weighted by atomic mass is 9.88. The highest BCUT2D eigenvalue weighted by Crippen LogP contribution is 2.23. The van der Waals surface area contributed by atoms with Crippen molar-refractivity contribution in [2.75, 3.05) is 19.6 Å². The molecular formula is C15H24N4O4. The second kappa shape index (κ2) is 7.10. The molecule has 8 nitrogen and oxygen atoms in total. The Kier molecular flexibility index (Phi) is 5.38. The van der Waals surface area contributed by atoms with E-state index in [4.69, 9.17) is 0 Å². The van der Waals surface area contributed by atoms with Crippen molar-refractivity contribution < 1.29 is 19.8 Å². The summed E-state index contributed by atoms with van der Waals surface area (Å²) in [5.41, 5.74) is -1.08. The minimum Gasteiger partial charge on any atom is -0.388 e. The van der Waals surface area contributed by atoms with Crippen LogP contribution in [-0.2, 0) is 11.3 Å². The number of hydrogen-bond acceptors (Lipinski definition) is 5. The maximum atomic E-state index is 12.4. The van der Waals surface area contributed by atoms with Gasteiger partial charge in [-0.05, 0) is 18.9 Å². The number of aliphatic hydroxyl groups excluding tert-OH is 1. The van der Waals surface area contributed by atoms with E-state index < -0.39 is 11.7 Å². The summed E-state index contributed by atoms with van der Waals surface area (Å²) in [7, 11) is 0. The van der Waals surface area contributed by atoms with Gasteiger partial charge in [-0.3, -0.25) is 14.3 Å². The van der Waals surface area contributed by atoms with Crippen LogP contribution in [0.4, 0.5) is 0 Å². The van der Waals surface area contributed by atoms with E-state index in [9.17, 15) is 19.8 Å². The van der Waals surface area contributed by atoms with E-state index in [1.54, 1.807) is 16.9 Å². The Labute approximate surface area is 135 Å². The maximum absolute atomic E-state index is 12.4. The Hall–Kier alpha value is -1.93. The van der Waals surface area contributed by atoms with Crippen molar-refractivity contribution in [1.29, 1.82) is 0 Å². The van der Waals surface area contributed by atoms with Crippen molar-refractivity contribution in [3.63, 3.8) is 0 Å². The van der Waals surface area contributed by atoms with Gasteiger partial charge >= 0.3 is 0 Å². The van der Waals surface area contributed by atoms with E-state index in [1.807, 2.05) is 6.92 Å². The number of rotatable bonds is 5. The molecule has 1 aliphatic rings. The van der Waals surface area contributed by atoms with E-state index in [-0.39, 0.29) is 31.3 Å². The predicted molar refractivity (Wildman–Crippen MR) is 82.7 cm³/mol. The summed E-state index contributed by atoms with van der Waals surface area (Å²) in [4.78, 5) is 24.9. The Morgan fingerprint density at radius 3 is 2.87 bits per heavy atom. The van der Waals surface area contributed by atoms with Gasteiger partial charge in [0, 0.05) is 39.3 Å².